The fraction of sp³-hybridized carbons (Fsp3) is 0.900. The average Bonchev–Trinajstić information content (AvgIpc) is 2.36. The summed E-state index contributed by atoms with van der Waals surface area (Å²) in [6.45, 7) is 4.84. The van der Waals surface area contributed by atoms with Gasteiger partial charge in [0, 0.05) is 19.5 Å². The second kappa shape index (κ2) is 5.18. The van der Waals surface area contributed by atoms with Crippen molar-refractivity contribution < 1.29 is 4.79 Å². The lowest BCUT2D eigenvalue weighted by Gasteiger charge is -2.22. The highest BCUT2D eigenvalue weighted by atomic mass is 16.2. The van der Waals surface area contributed by atoms with Crippen LogP contribution in [0, 0.1) is 0 Å². The first-order chi connectivity index (χ1) is 5.25. The number of carbonyl (C=O) groups is 1. The molecule has 1 heterocycles. The first-order valence-electron chi connectivity index (χ1n) is 4.53. The molecule has 0 N–H and O–H groups in total. The van der Waals surface area contributed by atoms with E-state index in [9.17, 15) is 4.79 Å². The highest BCUT2D eigenvalue weighted by Crippen LogP contribution is 2.20. The summed E-state index contributed by atoms with van der Waals surface area (Å²) in [6.07, 6.45) is 4.78. The highest BCUT2D eigenvalue weighted by Gasteiger charge is 2.24. The molecular formula is C10H21NO. The summed E-state index contributed by atoms with van der Waals surface area (Å²) in [5.74, 6) is 0.251. The molecule has 0 spiro atoms. The van der Waals surface area contributed by atoms with Crippen LogP contribution in [0.2, 0.25) is 0 Å². The zero-order valence-corrected chi connectivity index (χ0v) is 7.47. The summed E-state index contributed by atoms with van der Waals surface area (Å²) in [5, 5.41) is 0. The van der Waals surface area contributed by atoms with Gasteiger partial charge >= 0.3 is 0 Å². The Kier molecular flexibility index (Phi) is 4.95. The molecule has 0 radical (unpaired) electrons. The lowest BCUT2D eigenvalue weighted by Crippen LogP contribution is -2.33. The molecule has 2 nitrogen and oxygen atoms in total. The van der Waals surface area contributed by atoms with Crippen molar-refractivity contribution in [2.75, 3.05) is 6.54 Å². The predicted molar refractivity (Wildman–Crippen MR) is 52.0 cm³/mol. The van der Waals surface area contributed by atoms with E-state index in [-0.39, 0.29) is 13.3 Å². The lowest BCUT2D eigenvalue weighted by molar-refractivity contribution is -0.129. The molecule has 0 bridgehead atoms. The van der Waals surface area contributed by atoms with Gasteiger partial charge < -0.3 is 4.90 Å². The molecule has 1 aliphatic heterocycles. The van der Waals surface area contributed by atoms with Crippen molar-refractivity contribution in [2.24, 2.45) is 0 Å². The lowest BCUT2D eigenvalue weighted by atomic mass is 10.1. The minimum atomic E-state index is 0. The quantitative estimate of drug-likeness (QED) is 0.625. The third kappa shape index (κ3) is 2.50. The zero-order chi connectivity index (χ0) is 8.27. The van der Waals surface area contributed by atoms with Gasteiger partial charge in [0.05, 0.1) is 0 Å². The molecule has 0 aromatic carbocycles. The van der Waals surface area contributed by atoms with E-state index in [4.69, 9.17) is 0 Å². The molecule has 0 saturated carbocycles. The van der Waals surface area contributed by atoms with E-state index in [2.05, 4.69) is 6.92 Å². The molecule has 1 saturated heterocycles. The fourth-order valence-corrected chi connectivity index (χ4v) is 1.88. The van der Waals surface area contributed by atoms with E-state index in [1.807, 2.05) is 4.90 Å². The summed E-state index contributed by atoms with van der Waals surface area (Å²) in [6, 6.07) is 0.553. The van der Waals surface area contributed by atoms with Gasteiger partial charge in [-0.2, -0.15) is 0 Å². The predicted octanol–water partition coefficient (Wildman–Crippen LogP) is 2.43. The number of carbonyl (C=O) groups excluding carboxylic acids is 1. The number of amides is 1. The maximum Gasteiger partial charge on any atom is 0.219 e. The molecule has 1 atom stereocenters. The van der Waals surface area contributed by atoms with Crippen LogP contribution in [-0.4, -0.2) is 23.4 Å². The molecule has 1 unspecified atom stereocenters. The molecule has 1 rings (SSSR count). The molecule has 72 valence electrons. The maximum atomic E-state index is 11.1. The van der Waals surface area contributed by atoms with E-state index in [0.717, 1.165) is 6.54 Å². The van der Waals surface area contributed by atoms with Gasteiger partial charge in [-0.3, -0.25) is 4.79 Å². The minimum Gasteiger partial charge on any atom is -0.340 e. The van der Waals surface area contributed by atoms with Crippen LogP contribution in [-0.2, 0) is 4.79 Å². The van der Waals surface area contributed by atoms with Gasteiger partial charge in [0.2, 0.25) is 5.91 Å². The number of likely N-dealkylation sites (tertiary alicyclic amines) is 1. The van der Waals surface area contributed by atoms with Gasteiger partial charge in [0.1, 0.15) is 0 Å². The van der Waals surface area contributed by atoms with Crippen LogP contribution in [0.15, 0.2) is 0 Å². The minimum absolute atomic E-state index is 0. The Morgan fingerprint density at radius 1 is 1.58 bits per heavy atom. The number of rotatable bonds is 2. The Hall–Kier alpha value is -0.530. The molecule has 1 amide bonds. The van der Waals surface area contributed by atoms with Gasteiger partial charge in [0.25, 0.3) is 0 Å². The number of nitrogens with zero attached hydrogens (tertiary/aromatic N) is 1. The first-order valence-corrected chi connectivity index (χ1v) is 4.53. The Balaban J connectivity index is 0.00000121. The standard InChI is InChI=1S/C9H17NO.CH4/c1-3-5-9-6-4-7-10(9)8(2)11;/h9H,3-7H2,1-2H3;1H4. The van der Waals surface area contributed by atoms with E-state index >= 15 is 0 Å². The van der Waals surface area contributed by atoms with Crippen molar-refractivity contribution in [3.8, 4) is 0 Å². The molecular weight excluding hydrogens is 150 g/mol. The van der Waals surface area contributed by atoms with Crippen molar-refractivity contribution in [1.82, 2.24) is 4.90 Å². The van der Waals surface area contributed by atoms with Crippen LogP contribution < -0.4 is 0 Å². The third-order valence-corrected chi connectivity index (χ3v) is 2.40. The van der Waals surface area contributed by atoms with Crippen LogP contribution in [0.5, 0.6) is 0 Å². The molecule has 0 aromatic heterocycles. The first kappa shape index (κ1) is 11.5. The monoisotopic (exact) mass is 171 g/mol. The maximum absolute atomic E-state index is 11.1. The Morgan fingerprint density at radius 2 is 2.25 bits per heavy atom. The van der Waals surface area contributed by atoms with Gasteiger partial charge in [-0.1, -0.05) is 20.8 Å². The van der Waals surface area contributed by atoms with Gasteiger partial charge in [0.15, 0.2) is 0 Å². The van der Waals surface area contributed by atoms with Crippen molar-refractivity contribution >= 4 is 5.91 Å². The van der Waals surface area contributed by atoms with Crippen LogP contribution >= 0.6 is 0 Å². The fourth-order valence-electron chi connectivity index (χ4n) is 1.88. The Bertz CT molecular complexity index is 145. The van der Waals surface area contributed by atoms with Crippen molar-refractivity contribution in [3.63, 3.8) is 0 Å². The topological polar surface area (TPSA) is 20.3 Å². The van der Waals surface area contributed by atoms with Gasteiger partial charge in [-0.25, -0.2) is 0 Å². The second-order valence-electron chi connectivity index (χ2n) is 3.30. The average molecular weight is 171 g/mol. The molecule has 1 fully saturated rings. The SMILES string of the molecule is C.CCCC1CCCN1C(C)=O. The second-order valence-corrected chi connectivity index (χ2v) is 3.30. The Labute approximate surface area is 75.9 Å². The number of hydrogen-bond donors (Lipinski definition) is 0. The van der Waals surface area contributed by atoms with E-state index in [1.54, 1.807) is 6.92 Å². The zero-order valence-electron chi connectivity index (χ0n) is 7.47. The summed E-state index contributed by atoms with van der Waals surface area (Å²) < 4.78 is 0. The Morgan fingerprint density at radius 3 is 2.75 bits per heavy atom. The molecule has 1 aliphatic rings. The number of hydrogen-bond acceptors (Lipinski definition) is 1. The smallest absolute Gasteiger partial charge is 0.219 e. The van der Waals surface area contributed by atoms with Crippen molar-refractivity contribution in [2.45, 2.75) is 53.0 Å². The summed E-state index contributed by atoms with van der Waals surface area (Å²) >= 11 is 0. The normalized spacial score (nSPS) is 22.2. The van der Waals surface area contributed by atoms with Crippen LogP contribution in [0.4, 0.5) is 0 Å². The summed E-state index contributed by atoms with van der Waals surface area (Å²) in [4.78, 5) is 13.1. The highest BCUT2D eigenvalue weighted by molar-refractivity contribution is 5.73. The van der Waals surface area contributed by atoms with Crippen molar-refractivity contribution in [1.29, 1.82) is 0 Å². The van der Waals surface area contributed by atoms with Crippen LogP contribution in [0.25, 0.3) is 0 Å². The molecule has 0 aliphatic carbocycles. The van der Waals surface area contributed by atoms with E-state index in [1.165, 1.54) is 25.7 Å². The third-order valence-electron chi connectivity index (χ3n) is 2.40. The largest absolute Gasteiger partial charge is 0.340 e. The van der Waals surface area contributed by atoms with E-state index in [0.29, 0.717) is 6.04 Å². The summed E-state index contributed by atoms with van der Waals surface area (Å²) in [7, 11) is 0. The van der Waals surface area contributed by atoms with Crippen LogP contribution in [0.1, 0.15) is 47.0 Å². The molecule has 2 heteroatoms. The van der Waals surface area contributed by atoms with E-state index < -0.39 is 0 Å². The molecule has 0 aromatic rings. The van der Waals surface area contributed by atoms with Crippen LogP contribution in [0.3, 0.4) is 0 Å². The van der Waals surface area contributed by atoms with Crippen molar-refractivity contribution in [3.05, 3.63) is 0 Å². The van der Waals surface area contributed by atoms with Gasteiger partial charge in [-0.05, 0) is 19.3 Å². The van der Waals surface area contributed by atoms with Gasteiger partial charge in [-0.15, -0.1) is 0 Å². The summed E-state index contributed by atoms with van der Waals surface area (Å²) in [5.41, 5.74) is 0. The molecule has 12 heavy (non-hydrogen) atoms.